The number of aryl methyl sites for hydroxylation is 1. The number of sulfonamides is 1. The predicted molar refractivity (Wildman–Crippen MR) is 109 cm³/mol. The minimum Gasteiger partial charge on any atom is -0.322 e. The number of aromatic nitrogens is 1. The van der Waals surface area contributed by atoms with Crippen molar-refractivity contribution >= 4 is 21.6 Å². The van der Waals surface area contributed by atoms with Crippen molar-refractivity contribution in [1.82, 2.24) is 9.71 Å². The molecule has 6 nitrogen and oxygen atoms in total. The number of rotatable bonds is 6. The fourth-order valence-electron chi connectivity index (χ4n) is 2.73. The molecule has 150 valence electrons. The molecule has 0 aliphatic heterocycles. The van der Waals surface area contributed by atoms with Gasteiger partial charge in [-0.25, -0.2) is 17.5 Å². The first-order valence-corrected chi connectivity index (χ1v) is 10.3. The van der Waals surface area contributed by atoms with Crippen molar-refractivity contribution < 1.29 is 17.6 Å². The molecule has 2 N–H and O–H groups in total. The second kappa shape index (κ2) is 8.50. The zero-order chi connectivity index (χ0) is 21.0. The highest BCUT2D eigenvalue weighted by molar-refractivity contribution is 7.89. The summed E-state index contributed by atoms with van der Waals surface area (Å²) in [6, 6.07) is 12.9. The van der Waals surface area contributed by atoms with Gasteiger partial charge in [0.15, 0.2) is 0 Å². The Morgan fingerprint density at radius 3 is 2.59 bits per heavy atom. The Bertz CT molecular complexity index is 1130. The maximum atomic E-state index is 13.4. The third-order valence-electron chi connectivity index (χ3n) is 4.34. The standard InChI is InChI=1S/C21H20FN3O3S/c1-14-11-18(8-9-20(14)22)24-21(26)16-5-3-7-19(12-16)29(27,28)25-15(2)17-6-4-10-23-13-17/h3-13,15,25H,1-2H3,(H,24,26). The van der Waals surface area contributed by atoms with Gasteiger partial charge in [-0.2, -0.15) is 0 Å². The number of anilines is 1. The molecule has 2 aromatic carbocycles. The van der Waals surface area contributed by atoms with Crippen molar-refractivity contribution in [3.8, 4) is 0 Å². The van der Waals surface area contributed by atoms with E-state index >= 15 is 0 Å². The molecule has 3 rings (SSSR count). The number of carbonyl (C=O) groups is 1. The number of hydrogen-bond donors (Lipinski definition) is 2. The number of hydrogen-bond acceptors (Lipinski definition) is 4. The minimum atomic E-state index is -3.86. The van der Waals surface area contributed by atoms with Crippen molar-refractivity contribution in [1.29, 1.82) is 0 Å². The van der Waals surface area contributed by atoms with Gasteiger partial charge in [-0.1, -0.05) is 12.1 Å². The predicted octanol–water partition coefficient (Wildman–Crippen LogP) is 3.82. The summed E-state index contributed by atoms with van der Waals surface area (Å²) in [5.74, 6) is -0.863. The van der Waals surface area contributed by atoms with Crippen LogP contribution >= 0.6 is 0 Å². The maximum absolute atomic E-state index is 13.4. The van der Waals surface area contributed by atoms with Crippen LogP contribution in [-0.2, 0) is 10.0 Å². The van der Waals surface area contributed by atoms with E-state index in [0.717, 1.165) is 5.56 Å². The number of benzene rings is 2. The van der Waals surface area contributed by atoms with Gasteiger partial charge in [-0.05, 0) is 67.4 Å². The van der Waals surface area contributed by atoms with Crippen LogP contribution in [0.3, 0.4) is 0 Å². The molecule has 1 unspecified atom stereocenters. The first-order chi connectivity index (χ1) is 13.8. The van der Waals surface area contributed by atoms with Crippen LogP contribution in [0, 0.1) is 12.7 Å². The summed E-state index contributed by atoms with van der Waals surface area (Å²) in [5.41, 5.74) is 1.71. The molecule has 3 aromatic rings. The molecule has 0 bridgehead atoms. The highest BCUT2D eigenvalue weighted by Gasteiger charge is 2.20. The highest BCUT2D eigenvalue weighted by Crippen LogP contribution is 2.19. The summed E-state index contributed by atoms with van der Waals surface area (Å²) in [5, 5.41) is 2.64. The number of nitrogens with zero attached hydrogens (tertiary/aromatic N) is 1. The maximum Gasteiger partial charge on any atom is 0.255 e. The van der Waals surface area contributed by atoms with Gasteiger partial charge in [-0.15, -0.1) is 0 Å². The van der Waals surface area contributed by atoms with Crippen LogP contribution in [0.2, 0.25) is 0 Å². The normalized spacial score (nSPS) is 12.4. The largest absolute Gasteiger partial charge is 0.322 e. The lowest BCUT2D eigenvalue weighted by molar-refractivity contribution is 0.102. The summed E-state index contributed by atoms with van der Waals surface area (Å²) >= 11 is 0. The number of nitrogens with one attached hydrogen (secondary N) is 2. The van der Waals surface area contributed by atoms with E-state index in [9.17, 15) is 17.6 Å². The van der Waals surface area contributed by atoms with E-state index in [1.165, 1.54) is 42.5 Å². The van der Waals surface area contributed by atoms with Crippen LogP contribution in [0.25, 0.3) is 0 Å². The number of pyridine rings is 1. The molecule has 1 aromatic heterocycles. The van der Waals surface area contributed by atoms with E-state index in [-0.39, 0.29) is 16.3 Å². The quantitative estimate of drug-likeness (QED) is 0.643. The molecule has 0 saturated heterocycles. The summed E-state index contributed by atoms with van der Waals surface area (Å²) in [7, 11) is -3.86. The van der Waals surface area contributed by atoms with Gasteiger partial charge in [0.1, 0.15) is 5.82 Å². The van der Waals surface area contributed by atoms with Gasteiger partial charge in [0.05, 0.1) is 4.90 Å². The zero-order valence-corrected chi connectivity index (χ0v) is 16.7. The summed E-state index contributed by atoms with van der Waals surface area (Å²) in [6.45, 7) is 3.30. The Morgan fingerprint density at radius 1 is 1.10 bits per heavy atom. The first-order valence-electron chi connectivity index (χ1n) is 8.86. The Kier molecular flexibility index (Phi) is 6.05. The van der Waals surface area contributed by atoms with Crippen molar-refractivity contribution in [3.05, 3.63) is 89.5 Å². The minimum absolute atomic E-state index is 0.0313. The molecule has 0 aliphatic carbocycles. The SMILES string of the molecule is Cc1cc(NC(=O)c2cccc(S(=O)(=O)NC(C)c3cccnc3)c2)ccc1F. The molecular formula is C21H20FN3O3S. The van der Waals surface area contributed by atoms with E-state index < -0.39 is 22.0 Å². The van der Waals surface area contributed by atoms with E-state index in [1.54, 1.807) is 38.4 Å². The van der Waals surface area contributed by atoms with Gasteiger partial charge >= 0.3 is 0 Å². The smallest absolute Gasteiger partial charge is 0.255 e. The fourth-order valence-corrected chi connectivity index (χ4v) is 4.01. The zero-order valence-electron chi connectivity index (χ0n) is 15.9. The molecule has 8 heteroatoms. The molecule has 0 aliphatic rings. The van der Waals surface area contributed by atoms with Gasteiger partial charge in [0.2, 0.25) is 10.0 Å². The Hall–Kier alpha value is -3.10. The third-order valence-corrected chi connectivity index (χ3v) is 5.88. The van der Waals surface area contributed by atoms with E-state index in [0.29, 0.717) is 11.3 Å². The number of carbonyl (C=O) groups excluding carboxylic acids is 1. The molecule has 0 saturated carbocycles. The molecule has 1 heterocycles. The summed E-state index contributed by atoms with van der Waals surface area (Å²) in [4.78, 5) is 16.5. The molecule has 1 amide bonds. The van der Waals surface area contributed by atoms with E-state index in [1.807, 2.05) is 0 Å². The summed E-state index contributed by atoms with van der Waals surface area (Å²) in [6.07, 6.45) is 3.19. The first kappa shape index (κ1) is 20.6. The van der Waals surface area contributed by atoms with Crippen molar-refractivity contribution in [2.75, 3.05) is 5.32 Å². The molecule has 0 radical (unpaired) electrons. The molecular weight excluding hydrogens is 393 g/mol. The van der Waals surface area contributed by atoms with Gasteiger partial charge in [-0.3, -0.25) is 9.78 Å². The van der Waals surface area contributed by atoms with Crippen LogP contribution in [0.15, 0.2) is 71.9 Å². The van der Waals surface area contributed by atoms with Crippen LogP contribution in [0.4, 0.5) is 10.1 Å². The number of halogens is 1. The second-order valence-corrected chi connectivity index (χ2v) is 8.29. The van der Waals surface area contributed by atoms with E-state index in [2.05, 4.69) is 15.0 Å². The molecule has 0 spiro atoms. The van der Waals surface area contributed by atoms with Crippen LogP contribution in [-0.4, -0.2) is 19.3 Å². The van der Waals surface area contributed by atoms with Crippen molar-refractivity contribution in [2.45, 2.75) is 24.8 Å². The van der Waals surface area contributed by atoms with Crippen LogP contribution in [0.5, 0.6) is 0 Å². The van der Waals surface area contributed by atoms with Crippen molar-refractivity contribution in [2.24, 2.45) is 0 Å². The monoisotopic (exact) mass is 413 g/mol. The highest BCUT2D eigenvalue weighted by atomic mass is 32.2. The van der Waals surface area contributed by atoms with Gasteiger partial charge in [0.25, 0.3) is 5.91 Å². The Balaban J connectivity index is 1.78. The Labute approximate surface area is 168 Å². The Morgan fingerprint density at radius 2 is 1.90 bits per heavy atom. The summed E-state index contributed by atoms with van der Waals surface area (Å²) < 4.78 is 41.4. The number of amides is 1. The topological polar surface area (TPSA) is 88.2 Å². The van der Waals surface area contributed by atoms with Crippen LogP contribution in [0.1, 0.15) is 34.5 Å². The van der Waals surface area contributed by atoms with Crippen molar-refractivity contribution in [3.63, 3.8) is 0 Å². The third kappa shape index (κ3) is 5.04. The molecule has 29 heavy (non-hydrogen) atoms. The van der Waals surface area contributed by atoms with Gasteiger partial charge < -0.3 is 5.32 Å². The lowest BCUT2D eigenvalue weighted by Crippen LogP contribution is -2.27. The molecule has 0 fully saturated rings. The average Bonchev–Trinajstić information content (AvgIpc) is 2.71. The lowest BCUT2D eigenvalue weighted by atomic mass is 10.2. The van der Waals surface area contributed by atoms with E-state index in [4.69, 9.17) is 0 Å². The molecule has 1 atom stereocenters. The fraction of sp³-hybridized carbons (Fsp3) is 0.143. The lowest BCUT2D eigenvalue weighted by Gasteiger charge is -2.15. The van der Waals surface area contributed by atoms with Gasteiger partial charge in [0, 0.05) is 29.7 Å². The second-order valence-electron chi connectivity index (χ2n) is 6.58. The van der Waals surface area contributed by atoms with Crippen LogP contribution < -0.4 is 10.0 Å². The average molecular weight is 413 g/mol.